The third-order valence-corrected chi connectivity index (χ3v) is 18.0. The van der Waals surface area contributed by atoms with Crippen molar-refractivity contribution in [3.8, 4) is 0 Å². The molecular weight excluding hydrogens is 1170 g/mol. The summed E-state index contributed by atoms with van der Waals surface area (Å²) in [6, 6.07) is 0. The average Bonchev–Trinajstić information content (AvgIpc) is 3.67. The van der Waals surface area contributed by atoms with Crippen molar-refractivity contribution >= 4 is 39.5 Å². The molecule has 0 saturated heterocycles. The molecule has 19 heteroatoms. The Labute approximate surface area is 543 Å². The highest BCUT2D eigenvalue weighted by Crippen LogP contribution is 2.45. The Balaban J connectivity index is 5.25. The number of carbonyl (C=O) groups excluding carboxylic acids is 4. The Morgan fingerprint density at radius 1 is 0.303 bits per heavy atom. The van der Waals surface area contributed by atoms with Gasteiger partial charge in [-0.3, -0.25) is 37.3 Å². The Kier molecular flexibility index (Phi) is 59.6. The van der Waals surface area contributed by atoms with E-state index in [-0.39, 0.29) is 25.7 Å². The summed E-state index contributed by atoms with van der Waals surface area (Å²) in [5.74, 6) is 0.0942. The minimum Gasteiger partial charge on any atom is -0.462 e. The third kappa shape index (κ3) is 64.6. The zero-order chi connectivity index (χ0) is 65.9. The predicted molar refractivity (Wildman–Crippen MR) is 358 cm³/mol. The number of esters is 4. The number of unbranched alkanes of at least 4 members (excludes halogenated alkanes) is 36. The fourth-order valence-electron chi connectivity index (χ4n) is 10.5. The maximum absolute atomic E-state index is 13.0. The van der Waals surface area contributed by atoms with Crippen molar-refractivity contribution in [3.05, 3.63) is 0 Å². The van der Waals surface area contributed by atoms with E-state index >= 15 is 0 Å². The highest BCUT2D eigenvalue weighted by molar-refractivity contribution is 7.47. The second-order valence-corrected chi connectivity index (χ2v) is 29.6. The van der Waals surface area contributed by atoms with E-state index in [0.29, 0.717) is 25.7 Å². The van der Waals surface area contributed by atoms with Crippen LogP contribution in [0.2, 0.25) is 0 Å². The number of ether oxygens (including phenoxy) is 4. The molecule has 0 aliphatic heterocycles. The van der Waals surface area contributed by atoms with E-state index < -0.39 is 97.5 Å². The first kappa shape index (κ1) is 87.1. The first-order chi connectivity index (χ1) is 42.7. The predicted octanol–water partition coefficient (Wildman–Crippen LogP) is 19.8. The van der Waals surface area contributed by atoms with Gasteiger partial charge in [0.25, 0.3) is 0 Å². The number of aliphatic hydroxyl groups is 1. The van der Waals surface area contributed by atoms with Crippen molar-refractivity contribution in [3.63, 3.8) is 0 Å². The van der Waals surface area contributed by atoms with Crippen LogP contribution in [-0.2, 0) is 65.4 Å². The smallest absolute Gasteiger partial charge is 0.462 e. The second kappa shape index (κ2) is 61.0. The van der Waals surface area contributed by atoms with E-state index in [0.717, 1.165) is 108 Å². The summed E-state index contributed by atoms with van der Waals surface area (Å²) >= 11 is 0. The SMILES string of the molecule is CCCCCCCCCCCCCCC(=O)OC[C@H](COP(=O)(O)OC[C@@H](O)COP(=O)(O)OC[C@@H](COC(=O)CCCCCCCCCCC(C)C)OC(=O)CCCCCCCCCCC(C)C)OC(=O)CCCCCCCCCCCCCCC(C)C. The van der Waals surface area contributed by atoms with Crippen molar-refractivity contribution in [2.24, 2.45) is 17.8 Å². The molecule has 528 valence electrons. The van der Waals surface area contributed by atoms with Gasteiger partial charge in [0, 0.05) is 25.7 Å². The number of phosphoric ester groups is 2. The van der Waals surface area contributed by atoms with Crippen LogP contribution in [0, 0.1) is 17.8 Å². The maximum Gasteiger partial charge on any atom is 0.472 e. The first-order valence-corrected chi connectivity index (χ1v) is 39.3. The number of phosphoric acid groups is 2. The molecule has 17 nitrogen and oxygen atoms in total. The summed E-state index contributed by atoms with van der Waals surface area (Å²) in [7, 11) is -9.90. The van der Waals surface area contributed by atoms with Gasteiger partial charge in [0.2, 0.25) is 0 Å². The average molecular weight is 1310 g/mol. The molecule has 0 aromatic heterocycles. The van der Waals surface area contributed by atoms with Crippen LogP contribution < -0.4 is 0 Å². The van der Waals surface area contributed by atoms with Crippen LogP contribution in [0.25, 0.3) is 0 Å². The van der Waals surface area contributed by atoms with Crippen molar-refractivity contribution in [1.29, 1.82) is 0 Å². The van der Waals surface area contributed by atoms with Crippen molar-refractivity contribution in [2.45, 2.75) is 369 Å². The van der Waals surface area contributed by atoms with E-state index in [9.17, 15) is 43.2 Å². The van der Waals surface area contributed by atoms with Gasteiger partial charge in [-0.05, 0) is 43.4 Å². The van der Waals surface area contributed by atoms with Crippen molar-refractivity contribution < 1.29 is 80.2 Å². The Hall–Kier alpha value is -1.94. The summed E-state index contributed by atoms with van der Waals surface area (Å²) in [5.41, 5.74) is 0. The fraction of sp³-hybridized carbons (Fsp3) is 0.943. The molecule has 89 heavy (non-hydrogen) atoms. The molecule has 0 fully saturated rings. The van der Waals surface area contributed by atoms with Gasteiger partial charge >= 0.3 is 39.5 Å². The van der Waals surface area contributed by atoms with Gasteiger partial charge < -0.3 is 33.8 Å². The second-order valence-electron chi connectivity index (χ2n) is 26.7. The molecule has 0 rings (SSSR count). The monoisotopic (exact) mass is 1310 g/mol. The van der Waals surface area contributed by atoms with Crippen LogP contribution in [0.5, 0.6) is 0 Å². The Morgan fingerprint density at radius 3 is 0.764 bits per heavy atom. The van der Waals surface area contributed by atoms with Gasteiger partial charge in [0.1, 0.15) is 19.3 Å². The molecule has 0 heterocycles. The van der Waals surface area contributed by atoms with Gasteiger partial charge in [-0.1, -0.05) is 299 Å². The van der Waals surface area contributed by atoms with Crippen molar-refractivity contribution in [2.75, 3.05) is 39.6 Å². The van der Waals surface area contributed by atoms with Gasteiger partial charge in [-0.2, -0.15) is 0 Å². The molecule has 2 unspecified atom stereocenters. The Bertz CT molecular complexity index is 1750. The van der Waals surface area contributed by atoms with Crippen LogP contribution in [0.1, 0.15) is 350 Å². The largest absolute Gasteiger partial charge is 0.472 e. The third-order valence-electron chi connectivity index (χ3n) is 16.1. The zero-order valence-electron chi connectivity index (χ0n) is 57.9. The summed E-state index contributed by atoms with van der Waals surface area (Å²) in [4.78, 5) is 72.5. The number of carbonyl (C=O) groups is 4. The topological polar surface area (TPSA) is 237 Å². The van der Waals surface area contributed by atoms with Crippen LogP contribution in [-0.4, -0.2) is 96.7 Å². The quantitative estimate of drug-likeness (QED) is 0.0222. The minimum atomic E-state index is -4.95. The molecule has 5 atom stereocenters. The van der Waals surface area contributed by atoms with E-state index in [2.05, 4.69) is 48.5 Å². The van der Waals surface area contributed by atoms with Gasteiger partial charge in [-0.25, -0.2) is 9.13 Å². The molecular formula is C70H136O17P2. The highest BCUT2D eigenvalue weighted by Gasteiger charge is 2.30. The molecule has 0 aromatic carbocycles. The summed E-state index contributed by atoms with van der Waals surface area (Å²) in [6.45, 7) is 11.8. The molecule has 0 aliphatic rings. The molecule has 0 aromatic rings. The van der Waals surface area contributed by atoms with E-state index in [1.807, 2.05) is 0 Å². The highest BCUT2D eigenvalue weighted by atomic mass is 31.2. The zero-order valence-corrected chi connectivity index (χ0v) is 59.7. The summed E-state index contributed by atoms with van der Waals surface area (Å²) < 4.78 is 68.3. The Morgan fingerprint density at radius 2 is 0.517 bits per heavy atom. The lowest BCUT2D eigenvalue weighted by atomic mass is 10.0. The normalized spacial score (nSPS) is 14.2. The lowest BCUT2D eigenvalue weighted by Crippen LogP contribution is -2.30. The molecule has 0 aliphatic carbocycles. The van der Waals surface area contributed by atoms with Gasteiger partial charge in [0.15, 0.2) is 12.2 Å². The number of aliphatic hydroxyl groups excluding tert-OH is 1. The first-order valence-electron chi connectivity index (χ1n) is 36.3. The summed E-state index contributed by atoms with van der Waals surface area (Å²) in [6.07, 6.45) is 44.4. The number of hydrogen-bond acceptors (Lipinski definition) is 15. The number of hydrogen-bond donors (Lipinski definition) is 3. The van der Waals surface area contributed by atoms with Crippen LogP contribution in [0.4, 0.5) is 0 Å². The van der Waals surface area contributed by atoms with Crippen LogP contribution >= 0.6 is 15.6 Å². The molecule has 3 N–H and O–H groups in total. The fourth-order valence-corrected chi connectivity index (χ4v) is 12.1. The molecule has 0 saturated carbocycles. The summed E-state index contributed by atoms with van der Waals surface area (Å²) in [5, 5.41) is 10.6. The van der Waals surface area contributed by atoms with Gasteiger partial charge in [-0.15, -0.1) is 0 Å². The van der Waals surface area contributed by atoms with Crippen LogP contribution in [0.15, 0.2) is 0 Å². The minimum absolute atomic E-state index is 0.104. The molecule has 0 amide bonds. The number of rotatable bonds is 68. The van der Waals surface area contributed by atoms with Crippen LogP contribution in [0.3, 0.4) is 0 Å². The standard InChI is InChI=1S/C70H136O17P2/c1-8-9-10-11-12-13-14-18-21-30-37-44-51-67(72)80-57-65(86-69(74)53-46-39-32-22-19-16-15-17-20-27-34-41-48-61(2)3)59-84-88(76,77)82-55-64(71)56-83-89(78,79)85-60-66(87-70(75)54-47-40-33-26-24-29-36-43-50-63(6)7)58-81-68(73)52-45-38-31-25-23-28-35-42-49-62(4)5/h61-66,71H,8-60H2,1-7H3,(H,76,77)(H,78,79)/t64-,65-,66-/m1/s1. The molecule has 0 radical (unpaired) electrons. The van der Waals surface area contributed by atoms with Crippen molar-refractivity contribution in [1.82, 2.24) is 0 Å². The van der Waals surface area contributed by atoms with E-state index in [1.54, 1.807) is 0 Å². The molecule has 0 bridgehead atoms. The molecule has 0 spiro atoms. The maximum atomic E-state index is 13.0. The lowest BCUT2D eigenvalue weighted by molar-refractivity contribution is -0.161. The van der Waals surface area contributed by atoms with Gasteiger partial charge in [0.05, 0.1) is 26.4 Å². The van der Waals surface area contributed by atoms with E-state index in [4.69, 9.17) is 37.0 Å². The van der Waals surface area contributed by atoms with E-state index in [1.165, 1.54) is 161 Å². The lowest BCUT2D eigenvalue weighted by Gasteiger charge is -2.21.